The molecule has 1 aromatic heterocycles. The smallest absolute Gasteiger partial charge is 0.268 e. The van der Waals surface area contributed by atoms with Gasteiger partial charge in [0.15, 0.2) is 0 Å². The third-order valence-corrected chi connectivity index (χ3v) is 7.57. The van der Waals surface area contributed by atoms with Gasteiger partial charge in [-0.25, -0.2) is 8.42 Å². The van der Waals surface area contributed by atoms with Gasteiger partial charge in [-0.2, -0.15) is 5.10 Å². The van der Waals surface area contributed by atoms with Crippen LogP contribution in [0.1, 0.15) is 44.2 Å². The van der Waals surface area contributed by atoms with Crippen molar-refractivity contribution in [2.24, 2.45) is 0 Å². The molecule has 0 aliphatic heterocycles. The molecule has 1 aliphatic carbocycles. The fourth-order valence-corrected chi connectivity index (χ4v) is 5.83. The Kier molecular flexibility index (Phi) is 5.46. The summed E-state index contributed by atoms with van der Waals surface area (Å²) in [4.78, 5) is 0.278. The zero-order valence-corrected chi connectivity index (χ0v) is 17.8. The SMILES string of the molecule is CCN(c1ccccc1C)S(=O)(=O)c1cn(C2CCCC2)nc1-c1ccccc1. The van der Waals surface area contributed by atoms with Crippen molar-refractivity contribution >= 4 is 15.7 Å². The average Bonchev–Trinajstić information content (AvgIpc) is 3.40. The summed E-state index contributed by atoms with van der Waals surface area (Å²) in [6.07, 6.45) is 6.17. The number of aryl methyl sites for hydroxylation is 1. The van der Waals surface area contributed by atoms with Gasteiger partial charge < -0.3 is 0 Å². The monoisotopic (exact) mass is 409 g/mol. The maximum atomic E-state index is 13.8. The largest absolute Gasteiger partial charge is 0.268 e. The number of aromatic nitrogens is 2. The zero-order chi connectivity index (χ0) is 20.4. The average molecular weight is 410 g/mol. The molecule has 0 spiro atoms. The van der Waals surface area contributed by atoms with E-state index in [1.165, 1.54) is 4.31 Å². The highest BCUT2D eigenvalue weighted by molar-refractivity contribution is 7.93. The Morgan fingerprint density at radius 2 is 1.69 bits per heavy atom. The van der Waals surface area contributed by atoms with Crippen molar-refractivity contribution in [2.75, 3.05) is 10.8 Å². The lowest BCUT2D eigenvalue weighted by molar-refractivity contribution is 0.467. The van der Waals surface area contributed by atoms with Crippen molar-refractivity contribution in [3.05, 3.63) is 66.4 Å². The van der Waals surface area contributed by atoms with Crippen LogP contribution in [0, 0.1) is 6.92 Å². The first kappa shape index (κ1) is 19.7. The standard InChI is InChI=1S/C23H27N3O2S/c1-3-26(21-16-10-7-11-18(21)2)29(27,28)22-17-25(20-14-8-9-15-20)24-23(22)19-12-5-4-6-13-19/h4-7,10-13,16-17,20H,3,8-9,14-15H2,1-2H3. The predicted octanol–water partition coefficient (Wildman–Crippen LogP) is 5.19. The molecule has 0 amide bonds. The van der Waals surface area contributed by atoms with E-state index >= 15 is 0 Å². The van der Waals surface area contributed by atoms with Gasteiger partial charge in [0.25, 0.3) is 10.0 Å². The molecule has 1 aliphatic rings. The van der Waals surface area contributed by atoms with E-state index in [2.05, 4.69) is 0 Å². The second kappa shape index (κ2) is 8.03. The second-order valence-corrected chi connectivity index (χ2v) is 9.41. The maximum absolute atomic E-state index is 13.8. The summed E-state index contributed by atoms with van der Waals surface area (Å²) in [5.74, 6) is 0. The van der Waals surface area contributed by atoms with Crippen LogP contribution < -0.4 is 4.31 Å². The van der Waals surface area contributed by atoms with Gasteiger partial charge in [-0.1, -0.05) is 61.4 Å². The number of para-hydroxylation sites is 1. The molecule has 0 N–H and O–H groups in total. The summed E-state index contributed by atoms with van der Waals surface area (Å²) in [5.41, 5.74) is 3.00. The lowest BCUT2D eigenvalue weighted by Gasteiger charge is -2.24. The van der Waals surface area contributed by atoms with E-state index in [0.717, 1.165) is 36.8 Å². The maximum Gasteiger partial charge on any atom is 0.268 e. The number of sulfonamides is 1. The number of benzene rings is 2. The van der Waals surface area contributed by atoms with Crippen molar-refractivity contribution in [1.82, 2.24) is 9.78 Å². The fraction of sp³-hybridized carbons (Fsp3) is 0.348. The van der Waals surface area contributed by atoms with Gasteiger partial charge in [0.05, 0.1) is 11.7 Å². The lowest BCUT2D eigenvalue weighted by Crippen LogP contribution is -2.31. The van der Waals surface area contributed by atoms with Crippen molar-refractivity contribution < 1.29 is 8.42 Å². The lowest BCUT2D eigenvalue weighted by atomic mass is 10.2. The third kappa shape index (κ3) is 3.69. The van der Waals surface area contributed by atoms with E-state index in [4.69, 9.17) is 5.10 Å². The van der Waals surface area contributed by atoms with Crippen LogP contribution in [0.5, 0.6) is 0 Å². The summed E-state index contributed by atoms with van der Waals surface area (Å²) < 4.78 is 31.0. The molecule has 0 saturated heterocycles. The zero-order valence-electron chi connectivity index (χ0n) is 17.0. The summed E-state index contributed by atoms with van der Waals surface area (Å²) >= 11 is 0. The van der Waals surface area contributed by atoms with Crippen LogP contribution >= 0.6 is 0 Å². The van der Waals surface area contributed by atoms with E-state index in [9.17, 15) is 8.42 Å². The first-order valence-electron chi connectivity index (χ1n) is 10.3. The van der Waals surface area contributed by atoms with Crippen LogP contribution in [-0.2, 0) is 10.0 Å². The Bertz CT molecular complexity index is 1080. The van der Waals surface area contributed by atoms with Crippen molar-refractivity contribution in [1.29, 1.82) is 0 Å². The van der Waals surface area contributed by atoms with Crippen LogP contribution in [0.2, 0.25) is 0 Å². The molecule has 0 bridgehead atoms. The van der Waals surface area contributed by atoms with Gasteiger partial charge in [0, 0.05) is 18.3 Å². The minimum absolute atomic E-state index is 0.273. The highest BCUT2D eigenvalue weighted by Crippen LogP contribution is 2.35. The highest BCUT2D eigenvalue weighted by Gasteiger charge is 2.32. The van der Waals surface area contributed by atoms with Crippen LogP contribution in [0.25, 0.3) is 11.3 Å². The molecular formula is C23H27N3O2S. The molecule has 29 heavy (non-hydrogen) atoms. The number of rotatable bonds is 6. The molecule has 2 aromatic carbocycles. The number of nitrogens with zero attached hydrogens (tertiary/aromatic N) is 3. The number of anilines is 1. The van der Waals surface area contributed by atoms with E-state index in [-0.39, 0.29) is 10.9 Å². The van der Waals surface area contributed by atoms with E-state index in [0.29, 0.717) is 17.9 Å². The summed E-state index contributed by atoms with van der Waals surface area (Å²) in [6, 6.07) is 17.5. The molecule has 6 heteroatoms. The van der Waals surface area contributed by atoms with E-state index in [1.807, 2.05) is 73.1 Å². The Hall–Kier alpha value is -2.60. The molecule has 0 unspecified atom stereocenters. The molecule has 1 heterocycles. The topological polar surface area (TPSA) is 55.2 Å². The third-order valence-electron chi connectivity index (χ3n) is 5.68. The first-order chi connectivity index (χ1) is 14.0. The molecule has 152 valence electrons. The van der Waals surface area contributed by atoms with Crippen molar-refractivity contribution in [3.63, 3.8) is 0 Å². The van der Waals surface area contributed by atoms with Crippen LogP contribution in [0.15, 0.2) is 65.7 Å². The molecule has 1 saturated carbocycles. The predicted molar refractivity (Wildman–Crippen MR) is 117 cm³/mol. The van der Waals surface area contributed by atoms with Crippen molar-refractivity contribution in [2.45, 2.75) is 50.5 Å². The summed E-state index contributed by atoms with van der Waals surface area (Å²) in [6.45, 7) is 4.16. The van der Waals surface area contributed by atoms with Gasteiger partial charge in [-0.3, -0.25) is 8.99 Å². The Labute approximate surface area is 173 Å². The Balaban J connectivity index is 1.86. The molecular weight excluding hydrogens is 382 g/mol. The quantitative estimate of drug-likeness (QED) is 0.563. The van der Waals surface area contributed by atoms with Crippen molar-refractivity contribution in [3.8, 4) is 11.3 Å². The van der Waals surface area contributed by atoms with E-state index < -0.39 is 10.0 Å². The second-order valence-electron chi connectivity index (χ2n) is 7.58. The van der Waals surface area contributed by atoms with Gasteiger partial charge >= 0.3 is 0 Å². The van der Waals surface area contributed by atoms with Crippen LogP contribution in [-0.4, -0.2) is 24.7 Å². The molecule has 0 radical (unpaired) electrons. The molecule has 4 rings (SSSR count). The molecule has 3 aromatic rings. The van der Waals surface area contributed by atoms with E-state index in [1.54, 1.807) is 6.20 Å². The molecule has 5 nitrogen and oxygen atoms in total. The minimum Gasteiger partial charge on any atom is -0.268 e. The summed E-state index contributed by atoms with van der Waals surface area (Å²) in [7, 11) is -3.76. The number of hydrogen-bond acceptors (Lipinski definition) is 3. The first-order valence-corrected chi connectivity index (χ1v) is 11.7. The normalized spacial score (nSPS) is 15.0. The molecule has 0 atom stereocenters. The van der Waals surface area contributed by atoms with Gasteiger partial charge in [0.1, 0.15) is 10.6 Å². The molecule has 1 fully saturated rings. The fourth-order valence-electron chi connectivity index (χ4n) is 4.15. The highest BCUT2D eigenvalue weighted by atomic mass is 32.2. The summed E-state index contributed by atoms with van der Waals surface area (Å²) in [5, 5.41) is 4.77. The minimum atomic E-state index is -3.76. The van der Waals surface area contributed by atoms with Gasteiger partial charge in [0.2, 0.25) is 0 Å². The van der Waals surface area contributed by atoms with Crippen LogP contribution in [0.3, 0.4) is 0 Å². The Morgan fingerprint density at radius 3 is 2.34 bits per heavy atom. The number of hydrogen-bond donors (Lipinski definition) is 0. The Morgan fingerprint density at radius 1 is 1.03 bits per heavy atom. The van der Waals surface area contributed by atoms with Crippen LogP contribution in [0.4, 0.5) is 5.69 Å². The van der Waals surface area contributed by atoms with Gasteiger partial charge in [-0.15, -0.1) is 0 Å². The van der Waals surface area contributed by atoms with Gasteiger partial charge in [-0.05, 0) is 38.3 Å².